The Morgan fingerprint density at radius 1 is 0.727 bits per heavy atom. The Hall–Kier alpha value is -0.340. The van der Waals surface area contributed by atoms with Crippen molar-refractivity contribution in [1.29, 1.82) is 0 Å². The predicted octanol–water partition coefficient (Wildman–Crippen LogP) is 6.35. The van der Waals surface area contributed by atoms with Crippen molar-refractivity contribution in [3.63, 3.8) is 0 Å². The molecule has 0 aromatic carbocycles. The van der Waals surface area contributed by atoms with Crippen molar-refractivity contribution in [2.75, 3.05) is 6.61 Å². The van der Waals surface area contributed by atoms with Gasteiger partial charge in [0.15, 0.2) is 0 Å². The van der Waals surface area contributed by atoms with E-state index in [9.17, 15) is 0 Å². The molecule has 1 unspecified atom stereocenters. The van der Waals surface area contributed by atoms with Crippen molar-refractivity contribution in [3.05, 3.63) is 12.2 Å². The summed E-state index contributed by atoms with van der Waals surface area (Å²) in [4.78, 5) is 0. The van der Waals surface area contributed by atoms with Crippen molar-refractivity contribution >= 4 is 0 Å². The predicted molar refractivity (Wildman–Crippen MR) is 99.1 cm³/mol. The van der Waals surface area contributed by atoms with Crippen LogP contribution in [0.4, 0.5) is 0 Å². The highest BCUT2D eigenvalue weighted by Crippen LogP contribution is 2.10. The fourth-order valence-corrected chi connectivity index (χ4v) is 2.71. The lowest BCUT2D eigenvalue weighted by atomic mass is 10.1. The standard InChI is InChI=1S/C20H41NO/c1-3-5-6-7-8-9-10-11-12-13-14-15-16-17-18-19-20(21)22-4-2/h11-12,20H,3-10,13-19,21H2,1-2H3/b12-11-. The minimum Gasteiger partial charge on any atom is -0.364 e. The molecule has 2 heteroatoms. The Morgan fingerprint density at radius 2 is 1.23 bits per heavy atom. The van der Waals surface area contributed by atoms with Gasteiger partial charge in [-0.25, -0.2) is 0 Å². The quantitative estimate of drug-likeness (QED) is 0.193. The van der Waals surface area contributed by atoms with E-state index in [-0.39, 0.29) is 6.23 Å². The molecular weight excluding hydrogens is 270 g/mol. The first kappa shape index (κ1) is 21.7. The Kier molecular flexibility index (Phi) is 18.4. The van der Waals surface area contributed by atoms with E-state index in [0.717, 1.165) is 13.0 Å². The van der Waals surface area contributed by atoms with Crippen LogP contribution in [0.25, 0.3) is 0 Å². The molecule has 0 aliphatic rings. The normalized spacial score (nSPS) is 13.0. The van der Waals surface area contributed by atoms with Crippen molar-refractivity contribution in [3.8, 4) is 0 Å². The van der Waals surface area contributed by atoms with Gasteiger partial charge in [0.1, 0.15) is 6.23 Å². The molecule has 0 fully saturated rings. The molecule has 0 aromatic rings. The second kappa shape index (κ2) is 18.7. The Morgan fingerprint density at radius 3 is 1.77 bits per heavy atom. The number of unbranched alkanes of at least 4 members (excludes halogenated alkanes) is 11. The van der Waals surface area contributed by atoms with Gasteiger partial charge in [-0.05, 0) is 45.4 Å². The lowest BCUT2D eigenvalue weighted by molar-refractivity contribution is 0.0597. The van der Waals surface area contributed by atoms with Crippen LogP contribution in [0.1, 0.15) is 104 Å². The summed E-state index contributed by atoms with van der Waals surface area (Å²) in [6, 6.07) is 0. The average molecular weight is 312 g/mol. The number of hydrogen-bond donors (Lipinski definition) is 1. The van der Waals surface area contributed by atoms with Gasteiger partial charge in [-0.1, -0.05) is 70.4 Å². The van der Waals surface area contributed by atoms with Gasteiger partial charge in [-0.2, -0.15) is 0 Å². The van der Waals surface area contributed by atoms with Crippen LogP contribution < -0.4 is 5.73 Å². The average Bonchev–Trinajstić information content (AvgIpc) is 2.51. The van der Waals surface area contributed by atoms with Crippen molar-refractivity contribution in [1.82, 2.24) is 0 Å². The lowest BCUT2D eigenvalue weighted by Crippen LogP contribution is -2.23. The minimum absolute atomic E-state index is 0.0464. The molecule has 0 aliphatic heterocycles. The molecule has 132 valence electrons. The van der Waals surface area contributed by atoms with Gasteiger partial charge in [-0.3, -0.25) is 0 Å². The van der Waals surface area contributed by atoms with E-state index in [1.807, 2.05) is 6.92 Å². The third kappa shape index (κ3) is 17.7. The number of nitrogens with two attached hydrogens (primary N) is 1. The van der Waals surface area contributed by atoms with Crippen LogP contribution in [0.2, 0.25) is 0 Å². The largest absolute Gasteiger partial charge is 0.364 e. The van der Waals surface area contributed by atoms with Gasteiger partial charge in [-0.15, -0.1) is 0 Å². The second-order valence-electron chi connectivity index (χ2n) is 6.37. The van der Waals surface area contributed by atoms with Crippen LogP contribution in [-0.4, -0.2) is 12.8 Å². The number of rotatable bonds is 17. The Bertz CT molecular complexity index is 228. The van der Waals surface area contributed by atoms with Gasteiger partial charge in [0.05, 0.1) is 0 Å². The fourth-order valence-electron chi connectivity index (χ4n) is 2.71. The Balaban J connectivity index is 3.11. The van der Waals surface area contributed by atoms with E-state index in [2.05, 4.69) is 19.1 Å². The molecule has 0 spiro atoms. The maximum Gasteiger partial charge on any atom is 0.105 e. The van der Waals surface area contributed by atoms with E-state index in [1.54, 1.807) is 0 Å². The zero-order valence-corrected chi connectivity index (χ0v) is 15.3. The fraction of sp³-hybridized carbons (Fsp3) is 0.900. The minimum atomic E-state index is -0.0464. The molecule has 0 rings (SSSR count). The van der Waals surface area contributed by atoms with Crippen molar-refractivity contribution in [2.45, 2.75) is 110 Å². The first-order chi connectivity index (χ1) is 10.8. The summed E-state index contributed by atoms with van der Waals surface area (Å²) >= 11 is 0. The summed E-state index contributed by atoms with van der Waals surface area (Å²) in [5, 5.41) is 0. The SMILES string of the molecule is CCCCCCCC/C=C\CCCCCCCC(N)OCC. The molecular formula is C20H41NO. The molecule has 1 atom stereocenters. The van der Waals surface area contributed by atoms with Crippen LogP contribution >= 0.6 is 0 Å². The molecule has 0 saturated carbocycles. The van der Waals surface area contributed by atoms with Crippen LogP contribution in [0, 0.1) is 0 Å². The van der Waals surface area contributed by atoms with E-state index >= 15 is 0 Å². The van der Waals surface area contributed by atoms with Gasteiger partial charge in [0, 0.05) is 6.61 Å². The van der Waals surface area contributed by atoms with E-state index in [1.165, 1.54) is 83.5 Å². The van der Waals surface area contributed by atoms with Gasteiger partial charge in [0.25, 0.3) is 0 Å². The lowest BCUT2D eigenvalue weighted by Gasteiger charge is -2.10. The molecule has 0 saturated heterocycles. The zero-order chi connectivity index (χ0) is 16.3. The molecule has 0 radical (unpaired) electrons. The molecule has 0 bridgehead atoms. The van der Waals surface area contributed by atoms with Crippen molar-refractivity contribution < 1.29 is 4.74 Å². The smallest absolute Gasteiger partial charge is 0.105 e. The van der Waals surface area contributed by atoms with Gasteiger partial charge >= 0.3 is 0 Å². The Labute approximate surface area is 139 Å². The molecule has 0 aromatic heterocycles. The van der Waals surface area contributed by atoms with Crippen LogP contribution in [0.15, 0.2) is 12.2 Å². The summed E-state index contributed by atoms with van der Waals surface area (Å²) in [6.45, 7) is 5.00. The number of hydrogen-bond acceptors (Lipinski definition) is 2. The first-order valence-corrected chi connectivity index (χ1v) is 9.83. The van der Waals surface area contributed by atoms with Gasteiger partial charge < -0.3 is 10.5 Å². The summed E-state index contributed by atoms with van der Waals surface area (Å²) in [6.07, 6.45) is 23.2. The molecule has 0 aliphatic carbocycles. The maximum atomic E-state index is 5.81. The summed E-state index contributed by atoms with van der Waals surface area (Å²) in [7, 11) is 0. The number of ether oxygens (including phenoxy) is 1. The molecule has 22 heavy (non-hydrogen) atoms. The molecule has 2 nitrogen and oxygen atoms in total. The zero-order valence-electron chi connectivity index (χ0n) is 15.3. The van der Waals surface area contributed by atoms with Gasteiger partial charge in [0.2, 0.25) is 0 Å². The molecule has 0 heterocycles. The summed E-state index contributed by atoms with van der Waals surface area (Å²) < 4.78 is 5.33. The van der Waals surface area contributed by atoms with Crippen LogP contribution in [0.5, 0.6) is 0 Å². The third-order valence-corrected chi connectivity index (χ3v) is 4.13. The maximum absolute atomic E-state index is 5.81. The summed E-state index contributed by atoms with van der Waals surface area (Å²) in [5.74, 6) is 0. The van der Waals surface area contributed by atoms with E-state index in [4.69, 9.17) is 10.5 Å². The highest BCUT2D eigenvalue weighted by atomic mass is 16.5. The monoisotopic (exact) mass is 311 g/mol. The highest BCUT2D eigenvalue weighted by Gasteiger charge is 1.99. The first-order valence-electron chi connectivity index (χ1n) is 9.83. The highest BCUT2D eigenvalue weighted by molar-refractivity contribution is 4.81. The molecule has 0 amide bonds. The van der Waals surface area contributed by atoms with Crippen LogP contribution in [0.3, 0.4) is 0 Å². The van der Waals surface area contributed by atoms with E-state index < -0.39 is 0 Å². The van der Waals surface area contributed by atoms with Crippen molar-refractivity contribution in [2.24, 2.45) is 5.73 Å². The molecule has 2 N–H and O–H groups in total. The topological polar surface area (TPSA) is 35.2 Å². The second-order valence-corrected chi connectivity index (χ2v) is 6.37. The summed E-state index contributed by atoms with van der Waals surface area (Å²) in [5.41, 5.74) is 5.81. The third-order valence-electron chi connectivity index (χ3n) is 4.13. The number of allylic oxidation sites excluding steroid dienone is 2. The van der Waals surface area contributed by atoms with E-state index in [0.29, 0.717) is 0 Å². The van der Waals surface area contributed by atoms with Crippen LogP contribution in [-0.2, 0) is 4.74 Å².